The minimum absolute atomic E-state index is 0.0586. The highest BCUT2D eigenvalue weighted by molar-refractivity contribution is 6.07. The summed E-state index contributed by atoms with van der Waals surface area (Å²) in [6, 6.07) is 26.0. The highest BCUT2D eigenvalue weighted by atomic mass is 16.5. The van der Waals surface area contributed by atoms with Gasteiger partial charge in [0.25, 0.3) is 11.8 Å². The number of likely N-dealkylation sites (N-methyl/N-ethyl adjacent to an activating group) is 1. The third-order valence-corrected chi connectivity index (χ3v) is 7.35. The number of aliphatic hydroxyl groups excluding tert-OH is 1. The van der Waals surface area contributed by atoms with Crippen LogP contribution in [0.25, 0.3) is 0 Å². The van der Waals surface area contributed by atoms with Crippen LogP contribution in [0.2, 0.25) is 0 Å². The van der Waals surface area contributed by atoms with E-state index in [0.29, 0.717) is 42.2 Å². The fourth-order valence-corrected chi connectivity index (χ4v) is 5.12. The number of β-amino-alcohol motifs (C(OH)–C–C–N with tert-alkyl or cyclic N) is 1. The van der Waals surface area contributed by atoms with Gasteiger partial charge in [0.1, 0.15) is 17.6 Å². The summed E-state index contributed by atoms with van der Waals surface area (Å²) in [5.41, 5.74) is 2.31. The molecule has 1 aromatic heterocycles. The van der Waals surface area contributed by atoms with Gasteiger partial charge in [-0.05, 0) is 61.1 Å². The number of pyridine rings is 1. The standard InChI is InChI=1S/C34H36N4O5/c1-24-21-38(19-20-39)34(41)29-9-6-10-30(36-33(40)26-15-17-35-18-16-26)32(29)43-31(24)23-37(2)22-25-11-13-28(14-12-25)42-27-7-4-3-5-8-27/h3-18,24,31,39H,19-23H2,1-2H3,(H,36,40)/t24-,31?/m0/s1. The van der Waals surface area contributed by atoms with Crippen LogP contribution in [-0.2, 0) is 6.54 Å². The average Bonchev–Trinajstić information content (AvgIpc) is 3.02. The Hall–Kier alpha value is -4.73. The molecule has 4 aromatic rings. The van der Waals surface area contributed by atoms with E-state index >= 15 is 0 Å². The Bertz CT molecular complexity index is 1520. The van der Waals surface area contributed by atoms with Crippen molar-refractivity contribution < 1.29 is 24.2 Å². The first-order valence-electron chi connectivity index (χ1n) is 14.3. The molecule has 1 unspecified atom stereocenters. The zero-order valence-electron chi connectivity index (χ0n) is 24.3. The Morgan fingerprint density at radius 2 is 1.74 bits per heavy atom. The van der Waals surface area contributed by atoms with Gasteiger partial charge in [-0.15, -0.1) is 0 Å². The third kappa shape index (κ3) is 7.57. The van der Waals surface area contributed by atoms with E-state index in [1.807, 2.05) is 68.6 Å². The molecule has 2 heterocycles. The van der Waals surface area contributed by atoms with Gasteiger partial charge in [-0.25, -0.2) is 0 Å². The number of amides is 2. The highest BCUT2D eigenvalue weighted by Gasteiger charge is 2.32. The molecular formula is C34H36N4O5. The summed E-state index contributed by atoms with van der Waals surface area (Å²) in [6.07, 6.45) is 2.79. The van der Waals surface area contributed by atoms with Gasteiger partial charge in [0.15, 0.2) is 5.75 Å². The van der Waals surface area contributed by atoms with E-state index in [1.54, 1.807) is 47.6 Å². The molecule has 1 aliphatic rings. The van der Waals surface area contributed by atoms with Crippen molar-refractivity contribution in [3.05, 3.63) is 114 Å². The number of carbonyl (C=O) groups excluding carboxylic acids is 2. The molecule has 3 aromatic carbocycles. The summed E-state index contributed by atoms with van der Waals surface area (Å²) in [4.78, 5) is 34.4. The molecule has 0 bridgehead atoms. The topological polar surface area (TPSA) is 104 Å². The summed E-state index contributed by atoms with van der Waals surface area (Å²) in [5, 5.41) is 12.6. The summed E-state index contributed by atoms with van der Waals surface area (Å²) in [6.45, 7) is 3.75. The van der Waals surface area contributed by atoms with Crippen LogP contribution in [0.1, 0.15) is 33.2 Å². The number of hydrogen-bond acceptors (Lipinski definition) is 7. The number of aromatic nitrogens is 1. The minimum atomic E-state index is -0.331. The Kier molecular flexibility index (Phi) is 9.66. The van der Waals surface area contributed by atoms with Crippen LogP contribution >= 0.6 is 0 Å². The average molecular weight is 581 g/mol. The van der Waals surface area contributed by atoms with Gasteiger partial charge in [-0.3, -0.25) is 19.5 Å². The van der Waals surface area contributed by atoms with E-state index in [9.17, 15) is 14.7 Å². The van der Waals surface area contributed by atoms with Crippen molar-refractivity contribution in [2.24, 2.45) is 5.92 Å². The first-order chi connectivity index (χ1) is 20.9. The molecule has 9 heteroatoms. The van der Waals surface area contributed by atoms with Gasteiger partial charge in [-0.1, -0.05) is 43.3 Å². The van der Waals surface area contributed by atoms with Crippen molar-refractivity contribution >= 4 is 17.5 Å². The lowest BCUT2D eigenvalue weighted by Gasteiger charge is -2.36. The third-order valence-electron chi connectivity index (χ3n) is 7.35. The van der Waals surface area contributed by atoms with Gasteiger partial charge >= 0.3 is 0 Å². The predicted molar refractivity (Wildman–Crippen MR) is 164 cm³/mol. The summed E-state index contributed by atoms with van der Waals surface area (Å²) in [5.74, 6) is 1.24. The molecule has 222 valence electrons. The summed E-state index contributed by atoms with van der Waals surface area (Å²) < 4.78 is 12.5. The number of carbonyl (C=O) groups is 2. The van der Waals surface area contributed by atoms with Gasteiger partial charge in [0, 0.05) is 50.1 Å². The molecule has 0 radical (unpaired) electrons. The molecule has 2 amide bonds. The Morgan fingerprint density at radius 3 is 2.47 bits per heavy atom. The number of hydrogen-bond donors (Lipinski definition) is 2. The quantitative estimate of drug-likeness (QED) is 0.269. The van der Waals surface area contributed by atoms with Crippen LogP contribution in [0, 0.1) is 5.92 Å². The van der Waals surface area contributed by atoms with E-state index in [4.69, 9.17) is 9.47 Å². The monoisotopic (exact) mass is 580 g/mol. The zero-order valence-corrected chi connectivity index (χ0v) is 24.3. The SMILES string of the molecule is C[C@H]1CN(CCO)C(=O)c2cccc(NC(=O)c3ccncc3)c2OC1CN(C)Cc1ccc(Oc2ccccc2)cc1. The number of nitrogens with one attached hydrogen (secondary N) is 1. The second-order valence-electron chi connectivity index (χ2n) is 10.7. The Morgan fingerprint density at radius 1 is 1.02 bits per heavy atom. The molecule has 0 saturated heterocycles. The van der Waals surface area contributed by atoms with Crippen molar-refractivity contribution in [3.8, 4) is 17.2 Å². The van der Waals surface area contributed by atoms with Crippen molar-refractivity contribution in [1.82, 2.24) is 14.8 Å². The molecule has 9 nitrogen and oxygen atoms in total. The fourth-order valence-electron chi connectivity index (χ4n) is 5.12. The summed E-state index contributed by atoms with van der Waals surface area (Å²) in [7, 11) is 2.03. The lowest BCUT2D eigenvalue weighted by Crippen LogP contribution is -2.47. The Balaban J connectivity index is 1.34. The number of benzene rings is 3. The molecule has 5 rings (SSSR count). The molecule has 2 N–H and O–H groups in total. The van der Waals surface area contributed by atoms with Crippen LogP contribution in [0.5, 0.6) is 17.2 Å². The smallest absolute Gasteiger partial charge is 0.257 e. The van der Waals surface area contributed by atoms with E-state index in [2.05, 4.69) is 15.2 Å². The molecule has 0 saturated carbocycles. The number of ether oxygens (including phenoxy) is 2. The molecule has 2 atom stereocenters. The van der Waals surface area contributed by atoms with Crippen molar-refractivity contribution in [2.45, 2.75) is 19.6 Å². The van der Waals surface area contributed by atoms with Gasteiger partial charge in [-0.2, -0.15) is 0 Å². The maximum absolute atomic E-state index is 13.5. The number of fused-ring (bicyclic) bond motifs is 1. The van der Waals surface area contributed by atoms with Gasteiger partial charge < -0.3 is 24.8 Å². The van der Waals surface area contributed by atoms with E-state index < -0.39 is 0 Å². The number of nitrogens with zero attached hydrogens (tertiary/aromatic N) is 3. The van der Waals surface area contributed by atoms with Gasteiger partial charge in [0.2, 0.25) is 0 Å². The van der Waals surface area contributed by atoms with Crippen LogP contribution in [0.4, 0.5) is 5.69 Å². The summed E-state index contributed by atoms with van der Waals surface area (Å²) >= 11 is 0. The number of anilines is 1. The van der Waals surface area contributed by atoms with Crippen LogP contribution in [0.3, 0.4) is 0 Å². The molecular weight excluding hydrogens is 544 g/mol. The molecule has 0 fully saturated rings. The number of rotatable bonds is 10. The predicted octanol–water partition coefficient (Wildman–Crippen LogP) is 5.09. The normalized spacial score (nSPS) is 16.6. The van der Waals surface area contributed by atoms with Crippen molar-refractivity contribution in [2.75, 3.05) is 38.6 Å². The van der Waals surface area contributed by atoms with Crippen LogP contribution in [-0.4, -0.2) is 71.1 Å². The fraction of sp³-hybridized carbons (Fsp3) is 0.265. The number of para-hydroxylation sites is 2. The van der Waals surface area contributed by atoms with Gasteiger partial charge in [0.05, 0.1) is 17.9 Å². The molecule has 0 spiro atoms. The molecule has 43 heavy (non-hydrogen) atoms. The first-order valence-corrected chi connectivity index (χ1v) is 14.3. The van der Waals surface area contributed by atoms with E-state index in [1.165, 1.54) is 0 Å². The lowest BCUT2D eigenvalue weighted by atomic mass is 9.99. The number of aliphatic hydroxyl groups is 1. The first kappa shape index (κ1) is 29.8. The maximum atomic E-state index is 13.5. The Labute approximate surface area is 251 Å². The largest absolute Gasteiger partial charge is 0.486 e. The maximum Gasteiger partial charge on any atom is 0.257 e. The van der Waals surface area contributed by atoms with Crippen LogP contribution in [0.15, 0.2) is 97.3 Å². The second-order valence-corrected chi connectivity index (χ2v) is 10.7. The molecule has 1 aliphatic heterocycles. The molecule has 0 aliphatic carbocycles. The van der Waals surface area contributed by atoms with E-state index in [0.717, 1.165) is 17.1 Å². The lowest BCUT2D eigenvalue weighted by molar-refractivity contribution is 0.0459. The zero-order chi connectivity index (χ0) is 30.2. The van der Waals surface area contributed by atoms with Crippen molar-refractivity contribution in [3.63, 3.8) is 0 Å². The van der Waals surface area contributed by atoms with Crippen molar-refractivity contribution in [1.29, 1.82) is 0 Å². The van der Waals surface area contributed by atoms with E-state index in [-0.39, 0.29) is 37.0 Å². The second kappa shape index (κ2) is 14.0. The minimum Gasteiger partial charge on any atom is -0.486 e. The highest BCUT2D eigenvalue weighted by Crippen LogP contribution is 2.35. The van der Waals surface area contributed by atoms with Crippen LogP contribution < -0.4 is 14.8 Å².